The van der Waals surface area contributed by atoms with Crippen LogP contribution in [-0.2, 0) is 9.53 Å². The van der Waals surface area contributed by atoms with Crippen LogP contribution in [0.2, 0.25) is 0 Å². The van der Waals surface area contributed by atoms with E-state index in [4.69, 9.17) is 15.2 Å². The molecule has 0 aliphatic carbocycles. The Bertz CT molecular complexity index is 379. The molecule has 0 spiro atoms. The minimum Gasteiger partial charge on any atom is -0.497 e. The third kappa shape index (κ3) is 4.22. The summed E-state index contributed by atoms with van der Waals surface area (Å²) in [7, 11) is 2.94. The van der Waals surface area contributed by atoms with Crippen LogP contribution < -0.4 is 15.2 Å². The normalized spacial score (nSPS) is 9.76. The van der Waals surface area contributed by atoms with Gasteiger partial charge in [-0.2, -0.15) is 0 Å². The summed E-state index contributed by atoms with van der Waals surface area (Å²) >= 11 is 0. The molecule has 0 saturated carbocycles. The molecule has 5 heteroatoms. The second kappa shape index (κ2) is 6.62. The number of ether oxygens (including phenoxy) is 3. The Balaban J connectivity index is 2.43. The molecule has 0 unspecified atom stereocenters. The van der Waals surface area contributed by atoms with Crippen LogP contribution in [0.15, 0.2) is 18.2 Å². The maximum absolute atomic E-state index is 10.9. The van der Waals surface area contributed by atoms with E-state index in [-0.39, 0.29) is 5.97 Å². The topological polar surface area (TPSA) is 70.8 Å². The van der Waals surface area contributed by atoms with Crippen molar-refractivity contribution in [1.29, 1.82) is 0 Å². The Morgan fingerprint density at radius 1 is 1.35 bits per heavy atom. The highest BCUT2D eigenvalue weighted by atomic mass is 16.5. The second-order valence-corrected chi connectivity index (χ2v) is 3.43. The number of rotatable bonds is 6. The number of methoxy groups -OCH3 is 2. The largest absolute Gasteiger partial charge is 0.497 e. The van der Waals surface area contributed by atoms with Crippen LogP contribution in [0.5, 0.6) is 11.5 Å². The smallest absolute Gasteiger partial charge is 0.305 e. The van der Waals surface area contributed by atoms with Crippen LogP contribution in [0.3, 0.4) is 0 Å². The lowest BCUT2D eigenvalue weighted by Gasteiger charge is -2.09. The molecule has 1 rings (SSSR count). The second-order valence-electron chi connectivity index (χ2n) is 3.43. The van der Waals surface area contributed by atoms with Gasteiger partial charge in [-0.1, -0.05) is 0 Å². The van der Waals surface area contributed by atoms with E-state index in [2.05, 4.69) is 4.74 Å². The van der Waals surface area contributed by atoms with Gasteiger partial charge in [0.25, 0.3) is 0 Å². The Morgan fingerprint density at radius 2 is 2.12 bits per heavy atom. The van der Waals surface area contributed by atoms with E-state index in [0.717, 1.165) is 0 Å². The average Bonchev–Trinajstić information content (AvgIpc) is 2.36. The van der Waals surface area contributed by atoms with E-state index >= 15 is 0 Å². The SMILES string of the molecule is COC(=O)CCCOc1cc(OC)ccc1N. The highest BCUT2D eigenvalue weighted by molar-refractivity contribution is 5.69. The summed E-state index contributed by atoms with van der Waals surface area (Å²) in [6, 6.07) is 5.19. The van der Waals surface area contributed by atoms with Crippen molar-refractivity contribution in [2.75, 3.05) is 26.6 Å². The number of anilines is 1. The van der Waals surface area contributed by atoms with E-state index in [1.807, 2.05) is 0 Å². The highest BCUT2D eigenvalue weighted by Gasteiger charge is 2.04. The third-order valence-corrected chi connectivity index (χ3v) is 2.23. The number of hydrogen-bond acceptors (Lipinski definition) is 5. The first-order valence-electron chi connectivity index (χ1n) is 5.30. The van der Waals surface area contributed by atoms with Crippen LogP contribution in [0.4, 0.5) is 5.69 Å². The molecule has 0 aliphatic heterocycles. The van der Waals surface area contributed by atoms with Crippen molar-refractivity contribution in [2.24, 2.45) is 0 Å². The molecule has 94 valence electrons. The maximum atomic E-state index is 10.9. The van der Waals surface area contributed by atoms with Gasteiger partial charge in [0.1, 0.15) is 11.5 Å². The molecular weight excluding hydrogens is 222 g/mol. The van der Waals surface area contributed by atoms with Crippen molar-refractivity contribution in [3.63, 3.8) is 0 Å². The molecule has 0 aromatic heterocycles. The van der Waals surface area contributed by atoms with Crippen molar-refractivity contribution in [3.05, 3.63) is 18.2 Å². The Hall–Kier alpha value is -1.91. The lowest BCUT2D eigenvalue weighted by molar-refractivity contribution is -0.140. The van der Waals surface area contributed by atoms with Gasteiger partial charge >= 0.3 is 5.97 Å². The van der Waals surface area contributed by atoms with Crippen LogP contribution >= 0.6 is 0 Å². The molecule has 1 aromatic rings. The lowest BCUT2D eigenvalue weighted by Crippen LogP contribution is -2.05. The number of nitrogens with two attached hydrogens (primary N) is 1. The fraction of sp³-hybridized carbons (Fsp3) is 0.417. The summed E-state index contributed by atoms with van der Waals surface area (Å²) in [6.07, 6.45) is 0.920. The van der Waals surface area contributed by atoms with Gasteiger partial charge in [-0.05, 0) is 18.6 Å². The maximum Gasteiger partial charge on any atom is 0.305 e. The van der Waals surface area contributed by atoms with Crippen LogP contribution in [0.25, 0.3) is 0 Å². The molecule has 0 saturated heterocycles. The molecule has 0 radical (unpaired) electrons. The van der Waals surface area contributed by atoms with Gasteiger partial charge in [0.05, 0.1) is 26.5 Å². The quantitative estimate of drug-likeness (QED) is 0.464. The third-order valence-electron chi connectivity index (χ3n) is 2.23. The molecular formula is C12H17NO4. The van der Waals surface area contributed by atoms with Crippen molar-refractivity contribution < 1.29 is 19.0 Å². The van der Waals surface area contributed by atoms with Crippen molar-refractivity contribution >= 4 is 11.7 Å². The number of esters is 1. The summed E-state index contributed by atoms with van der Waals surface area (Å²) in [5, 5.41) is 0. The van der Waals surface area contributed by atoms with Gasteiger partial charge in [0.2, 0.25) is 0 Å². The van der Waals surface area contributed by atoms with Crippen LogP contribution in [-0.4, -0.2) is 26.8 Å². The first-order valence-corrected chi connectivity index (χ1v) is 5.30. The van der Waals surface area contributed by atoms with Gasteiger partial charge in [-0.3, -0.25) is 4.79 Å². The first-order chi connectivity index (χ1) is 8.17. The fourth-order valence-corrected chi connectivity index (χ4v) is 1.27. The van der Waals surface area contributed by atoms with Crippen molar-refractivity contribution in [2.45, 2.75) is 12.8 Å². The zero-order chi connectivity index (χ0) is 12.7. The fourth-order valence-electron chi connectivity index (χ4n) is 1.27. The van der Waals surface area contributed by atoms with E-state index in [9.17, 15) is 4.79 Å². The molecule has 1 aromatic carbocycles. The zero-order valence-electron chi connectivity index (χ0n) is 10.1. The summed E-state index contributed by atoms with van der Waals surface area (Å²) in [4.78, 5) is 10.9. The molecule has 2 N–H and O–H groups in total. The summed E-state index contributed by atoms with van der Waals surface area (Å²) in [6.45, 7) is 0.409. The average molecular weight is 239 g/mol. The van der Waals surface area contributed by atoms with Gasteiger partial charge in [0, 0.05) is 12.5 Å². The van der Waals surface area contributed by atoms with Crippen LogP contribution in [0, 0.1) is 0 Å². The molecule has 0 heterocycles. The monoisotopic (exact) mass is 239 g/mol. The number of carbonyl (C=O) groups excluding carboxylic acids is 1. The van der Waals surface area contributed by atoms with Gasteiger partial charge < -0.3 is 19.9 Å². The first kappa shape index (κ1) is 13.2. The van der Waals surface area contributed by atoms with Crippen LogP contribution in [0.1, 0.15) is 12.8 Å². The molecule has 0 amide bonds. The Labute approximate surface area is 100 Å². The summed E-state index contributed by atoms with van der Waals surface area (Å²) in [5.41, 5.74) is 6.29. The van der Waals surface area contributed by atoms with E-state index in [1.165, 1.54) is 7.11 Å². The number of benzene rings is 1. The lowest BCUT2D eigenvalue weighted by atomic mass is 10.3. The van der Waals surface area contributed by atoms with Crippen molar-refractivity contribution in [3.8, 4) is 11.5 Å². The van der Waals surface area contributed by atoms with Gasteiger partial charge in [0.15, 0.2) is 0 Å². The van der Waals surface area contributed by atoms with Crippen molar-refractivity contribution in [1.82, 2.24) is 0 Å². The summed E-state index contributed by atoms with van der Waals surface area (Å²) in [5.74, 6) is 1.00. The van der Waals surface area contributed by atoms with Gasteiger partial charge in [-0.15, -0.1) is 0 Å². The standard InChI is InChI=1S/C12H17NO4/c1-15-9-5-6-10(13)11(8-9)17-7-3-4-12(14)16-2/h5-6,8H,3-4,7,13H2,1-2H3. The molecule has 0 fully saturated rings. The predicted octanol–water partition coefficient (Wildman–Crippen LogP) is 1.61. The van der Waals surface area contributed by atoms with E-state index in [1.54, 1.807) is 25.3 Å². The minimum absolute atomic E-state index is 0.243. The van der Waals surface area contributed by atoms with E-state index in [0.29, 0.717) is 36.6 Å². The highest BCUT2D eigenvalue weighted by Crippen LogP contribution is 2.26. The molecule has 5 nitrogen and oxygen atoms in total. The molecule has 0 bridgehead atoms. The zero-order valence-corrected chi connectivity index (χ0v) is 10.1. The number of hydrogen-bond donors (Lipinski definition) is 1. The Morgan fingerprint density at radius 3 is 2.76 bits per heavy atom. The predicted molar refractivity (Wildman–Crippen MR) is 64.2 cm³/mol. The minimum atomic E-state index is -0.243. The van der Waals surface area contributed by atoms with E-state index < -0.39 is 0 Å². The number of carbonyl (C=O) groups is 1. The molecule has 17 heavy (non-hydrogen) atoms. The summed E-state index contributed by atoms with van der Waals surface area (Å²) < 4.78 is 15.0. The Kier molecular flexibility index (Phi) is 5.13. The van der Waals surface area contributed by atoms with Gasteiger partial charge in [-0.25, -0.2) is 0 Å². The molecule has 0 aliphatic rings. The molecule has 0 atom stereocenters. The number of nitrogen functional groups attached to an aromatic ring is 1.